The number of rotatable bonds is 7. The number of carbonyl (C=O) groups is 1. The largest absolute Gasteiger partial charge is 0.377 e. The van der Waals surface area contributed by atoms with Gasteiger partial charge in [-0.15, -0.1) is 0 Å². The minimum Gasteiger partial charge on any atom is -0.377 e. The van der Waals surface area contributed by atoms with E-state index in [-0.39, 0.29) is 23.9 Å². The molecule has 1 amide bonds. The summed E-state index contributed by atoms with van der Waals surface area (Å²) in [5.74, 6) is -0.0906. The van der Waals surface area contributed by atoms with E-state index >= 15 is 0 Å². The van der Waals surface area contributed by atoms with Crippen molar-refractivity contribution in [1.29, 1.82) is 0 Å². The molecule has 6 nitrogen and oxygen atoms in total. The first-order valence-electron chi connectivity index (χ1n) is 7.49. The second-order valence-electron chi connectivity index (χ2n) is 5.57. The van der Waals surface area contributed by atoms with E-state index in [2.05, 4.69) is 20.9 Å². The van der Waals surface area contributed by atoms with Crippen LogP contribution in [0.3, 0.4) is 0 Å². The number of benzene rings is 1. The van der Waals surface area contributed by atoms with E-state index in [1.807, 2.05) is 20.8 Å². The average molecular weight is 324 g/mol. The maximum Gasteiger partial charge on any atom is 0.246 e. The summed E-state index contributed by atoms with van der Waals surface area (Å²) in [6, 6.07) is 5.58. The molecule has 0 aliphatic rings. The number of guanidine groups is 1. The van der Waals surface area contributed by atoms with Crippen molar-refractivity contribution in [2.24, 2.45) is 4.99 Å². The summed E-state index contributed by atoms with van der Waals surface area (Å²) >= 11 is 0. The zero-order chi connectivity index (χ0) is 17.3. The Balaban J connectivity index is 2.55. The van der Waals surface area contributed by atoms with Crippen molar-refractivity contribution < 1.29 is 13.9 Å². The van der Waals surface area contributed by atoms with Crippen LogP contribution in [0, 0.1) is 5.82 Å². The minimum absolute atomic E-state index is 0.0415. The van der Waals surface area contributed by atoms with Gasteiger partial charge in [-0.1, -0.05) is 0 Å². The third-order valence-corrected chi connectivity index (χ3v) is 3.09. The van der Waals surface area contributed by atoms with Gasteiger partial charge in [-0.05, 0) is 45.0 Å². The van der Waals surface area contributed by atoms with Crippen LogP contribution < -0.4 is 16.0 Å². The van der Waals surface area contributed by atoms with E-state index in [1.165, 1.54) is 24.3 Å². The molecule has 3 N–H and O–H groups in total. The van der Waals surface area contributed by atoms with Crippen molar-refractivity contribution in [2.45, 2.75) is 26.4 Å². The summed E-state index contributed by atoms with van der Waals surface area (Å²) < 4.78 is 18.1. The SMILES string of the molecule is CCNC(=NCC(=O)Nc1ccc(F)cc1)NCC(C)(C)OC. The van der Waals surface area contributed by atoms with Crippen LogP contribution in [0.2, 0.25) is 0 Å². The minimum atomic E-state index is -0.347. The molecule has 23 heavy (non-hydrogen) atoms. The molecular formula is C16H25FN4O2. The van der Waals surface area contributed by atoms with E-state index in [4.69, 9.17) is 4.74 Å². The van der Waals surface area contributed by atoms with Crippen molar-refractivity contribution in [3.63, 3.8) is 0 Å². The molecule has 0 aliphatic carbocycles. The number of anilines is 1. The van der Waals surface area contributed by atoms with E-state index in [1.54, 1.807) is 7.11 Å². The molecule has 1 aromatic carbocycles. The Morgan fingerprint density at radius 3 is 2.48 bits per heavy atom. The van der Waals surface area contributed by atoms with Crippen molar-refractivity contribution in [3.05, 3.63) is 30.1 Å². The van der Waals surface area contributed by atoms with Crippen molar-refractivity contribution in [2.75, 3.05) is 32.1 Å². The molecule has 0 unspecified atom stereocenters. The number of carbonyl (C=O) groups excluding carboxylic acids is 1. The molecule has 128 valence electrons. The predicted octanol–water partition coefficient (Wildman–Crippen LogP) is 1.74. The van der Waals surface area contributed by atoms with Crippen molar-refractivity contribution in [1.82, 2.24) is 10.6 Å². The van der Waals surface area contributed by atoms with Gasteiger partial charge in [0.1, 0.15) is 12.4 Å². The summed E-state index contributed by atoms with van der Waals surface area (Å²) in [4.78, 5) is 16.1. The Labute approximate surface area is 136 Å². The first-order chi connectivity index (χ1) is 10.9. The molecule has 0 saturated heterocycles. The molecule has 1 rings (SSSR count). The molecule has 0 saturated carbocycles. The summed E-state index contributed by atoms with van der Waals surface area (Å²) in [6.07, 6.45) is 0. The third-order valence-electron chi connectivity index (χ3n) is 3.09. The summed E-state index contributed by atoms with van der Waals surface area (Å²) in [6.45, 7) is 7.03. The molecule has 7 heteroatoms. The predicted molar refractivity (Wildman–Crippen MR) is 90.1 cm³/mol. The zero-order valence-corrected chi connectivity index (χ0v) is 14.1. The maximum absolute atomic E-state index is 12.8. The van der Waals surface area contributed by atoms with Crippen LogP contribution in [0.4, 0.5) is 10.1 Å². The van der Waals surface area contributed by atoms with E-state index in [0.717, 1.165) is 0 Å². The maximum atomic E-state index is 12.8. The lowest BCUT2D eigenvalue weighted by Crippen LogP contribution is -2.45. The summed E-state index contributed by atoms with van der Waals surface area (Å²) in [5.41, 5.74) is 0.192. The Bertz CT molecular complexity index is 529. The molecule has 0 aliphatic heterocycles. The van der Waals surface area contributed by atoms with E-state index in [9.17, 15) is 9.18 Å². The number of methoxy groups -OCH3 is 1. The summed E-state index contributed by atoms with van der Waals surface area (Å²) in [7, 11) is 1.64. The quantitative estimate of drug-likeness (QED) is 0.528. The summed E-state index contributed by atoms with van der Waals surface area (Å²) in [5, 5.41) is 8.84. The van der Waals surface area contributed by atoms with Gasteiger partial charge in [0, 0.05) is 25.9 Å². The second kappa shape index (κ2) is 9.09. The molecule has 0 aromatic heterocycles. The van der Waals surface area contributed by atoms with E-state index < -0.39 is 0 Å². The molecule has 0 radical (unpaired) electrons. The van der Waals surface area contributed by atoms with Gasteiger partial charge in [-0.3, -0.25) is 4.79 Å². The number of nitrogens with zero attached hydrogens (tertiary/aromatic N) is 1. The second-order valence-corrected chi connectivity index (χ2v) is 5.57. The number of hydrogen-bond acceptors (Lipinski definition) is 3. The lowest BCUT2D eigenvalue weighted by Gasteiger charge is -2.24. The van der Waals surface area contributed by atoms with E-state index in [0.29, 0.717) is 24.7 Å². The van der Waals surface area contributed by atoms with Gasteiger partial charge in [0.25, 0.3) is 0 Å². The van der Waals surface area contributed by atoms with Crippen molar-refractivity contribution >= 4 is 17.6 Å². The third kappa shape index (κ3) is 7.60. The average Bonchev–Trinajstić information content (AvgIpc) is 2.52. The Hall–Kier alpha value is -2.15. The Kier molecular flexibility index (Phi) is 7.47. The number of ether oxygens (including phenoxy) is 1. The highest BCUT2D eigenvalue weighted by Gasteiger charge is 2.16. The van der Waals surface area contributed by atoms with Crippen LogP contribution >= 0.6 is 0 Å². The van der Waals surface area contributed by atoms with Crippen molar-refractivity contribution in [3.8, 4) is 0 Å². The molecule has 0 spiro atoms. The number of aliphatic imine (C=N–C) groups is 1. The van der Waals surface area contributed by atoms with Gasteiger partial charge < -0.3 is 20.7 Å². The highest BCUT2D eigenvalue weighted by atomic mass is 19.1. The Morgan fingerprint density at radius 1 is 1.26 bits per heavy atom. The normalized spacial score (nSPS) is 12.0. The first-order valence-corrected chi connectivity index (χ1v) is 7.49. The van der Waals surface area contributed by atoms with Gasteiger partial charge >= 0.3 is 0 Å². The monoisotopic (exact) mass is 324 g/mol. The fourth-order valence-corrected chi connectivity index (χ4v) is 1.60. The Morgan fingerprint density at radius 2 is 1.91 bits per heavy atom. The molecule has 1 aromatic rings. The number of hydrogen-bond donors (Lipinski definition) is 3. The van der Waals surface area contributed by atoms with Crippen LogP contribution in [0.1, 0.15) is 20.8 Å². The smallest absolute Gasteiger partial charge is 0.246 e. The van der Waals surface area contributed by atoms with Crippen LogP contribution in [-0.4, -0.2) is 44.2 Å². The zero-order valence-electron chi connectivity index (χ0n) is 14.1. The van der Waals surface area contributed by atoms with Crippen LogP contribution in [0.15, 0.2) is 29.3 Å². The fraction of sp³-hybridized carbons (Fsp3) is 0.500. The molecule has 0 atom stereocenters. The standard InChI is InChI=1S/C16H25FN4O2/c1-5-18-15(20-11-16(2,3)23-4)19-10-14(22)21-13-8-6-12(17)7-9-13/h6-9H,5,10-11H2,1-4H3,(H,21,22)(H2,18,19,20). The number of nitrogens with one attached hydrogen (secondary N) is 3. The highest BCUT2D eigenvalue weighted by molar-refractivity contribution is 5.94. The van der Waals surface area contributed by atoms with Crippen LogP contribution in [-0.2, 0) is 9.53 Å². The topological polar surface area (TPSA) is 74.8 Å². The molecule has 0 fully saturated rings. The van der Waals surface area contributed by atoms with Gasteiger partial charge in [-0.25, -0.2) is 9.38 Å². The lowest BCUT2D eigenvalue weighted by atomic mass is 10.1. The molecule has 0 bridgehead atoms. The molecule has 0 heterocycles. The van der Waals surface area contributed by atoms with Crippen LogP contribution in [0.25, 0.3) is 0 Å². The number of halogens is 1. The van der Waals surface area contributed by atoms with Crippen LogP contribution in [0.5, 0.6) is 0 Å². The molecular weight excluding hydrogens is 299 g/mol. The van der Waals surface area contributed by atoms with Gasteiger partial charge in [0.05, 0.1) is 5.60 Å². The van der Waals surface area contributed by atoms with Gasteiger partial charge in [0.2, 0.25) is 5.91 Å². The van der Waals surface area contributed by atoms with Gasteiger partial charge in [0.15, 0.2) is 5.96 Å². The number of amides is 1. The first kappa shape index (κ1) is 18.9. The lowest BCUT2D eigenvalue weighted by molar-refractivity contribution is -0.114. The fourth-order valence-electron chi connectivity index (χ4n) is 1.60. The highest BCUT2D eigenvalue weighted by Crippen LogP contribution is 2.08. The van der Waals surface area contributed by atoms with Gasteiger partial charge in [-0.2, -0.15) is 0 Å².